The highest BCUT2D eigenvalue weighted by molar-refractivity contribution is 5.55. The van der Waals surface area contributed by atoms with Crippen LogP contribution in [-0.4, -0.2) is 48.4 Å². The van der Waals surface area contributed by atoms with Crippen molar-refractivity contribution in [3.05, 3.63) is 30.2 Å². The molecule has 3 fully saturated rings. The lowest BCUT2D eigenvalue weighted by atomic mass is 9.76. The second-order valence-corrected chi connectivity index (χ2v) is 7.29. The van der Waals surface area contributed by atoms with Crippen LogP contribution in [0.25, 0.3) is 11.4 Å². The number of nitrogens with zero attached hydrogens (tertiary/aromatic N) is 3. The molecular formula is C18H24N3O2+. The van der Waals surface area contributed by atoms with Gasteiger partial charge < -0.3 is 13.7 Å². The van der Waals surface area contributed by atoms with Gasteiger partial charge in [0, 0.05) is 30.7 Å². The van der Waals surface area contributed by atoms with Crippen molar-refractivity contribution in [1.82, 2.24) is 10.1 Å². The topological polar surface area (TPSA) is 48.2 Å². The van der Waals surface area contributed by atoms with Crippen molar-refractivity contribution in [2.24, 2.45) is 11.8 Å². The van der Waals surface area contributed by atoms with Gasteiger partial charge in [-0.1, -0.05) is 5.16 Å². The van der Waals surface area contributed by atoms with Gasteiger partial charge in [-0.15, -0.1) is 0 Å². The first-order valence-electron chi connectivity index (χ1n) is 8.46. The van der Waals surface area contributed by atoms with Gasteiger partial charge in [0.15, 0.2) is 0 Å². The number of methoxy groups -OCH3 is 1. The molecule has 0 N–H and O–H groups in total. The van der Waals surface area contributed by atoms with E-state index in [-0.39, 0.29) is 0 Å². The fourth-order valence-corrected chi connectivity index (χ4v) is 4.23. The Kier molecular flexibility index (Phi) is 3.60. The number of hydrogen-bond acceptors (Lipinski definition) is 4. The Hall–Kier alpha value is -1.88. The minimum absolute atomic E-state index is 0.671. The molecule has 0 spiro atoms. The van der Waals surface area contributed by atoms with Crippen LogP contribution < -0.4 is 4.74 Å². The molecule has 122 valence electrons. The van der Waals surface area contributed by atoms with E-state index in [9.17, 15) is 0 Å². The summed E-state index contributed by atoms with van der Waals surface area (Å²) < 4.78 is 11.9. The Labute approximate surface area is 136 Å². The van der Waals surface area contributed by atoms with E-state index in [1.807, 2.05) is 24.3 Å². The van der Waals surface area contributed by atoms with Crippen molar-refractivity contribution >= 4 is 0 Å². The lowest BCUT2D eigenvalue weighted by Crippen LogP contribution is -2.59. The van der Waals surface area contributed by atoms with Crippen LogP contribution in [0.15, 0.2) is 28.8 Å². The van der Waals surface area contributed by atoms with E-state index in [2.05, 4.69) is 17.2 Å². The molecule has 0 saturated carbocycles. The van der Waals surface area contributed by atoms with Crippen molar-refractivity contribution in [3.63, 3.8) is 0 Å². The van der Waals surface area contributed by atoms with Gasteiger partial charge in [-0.25, -0.2) is 0 Å². The van der Waals surface area contributed by atoms with E-state index in [0.29, 0.717) is 11.7 Å². The Morgan fingerprint density at radius 2 is 1.96 bits per heavy atom. The van der Waals surface area contributed by atoms with Crippen LogP contribution in [0.4, 0.5) is 0 Å². The predicted octanol–water partition coefficient (Wildman–Crippen LogP) is 2.77. The Morgan fingerprint density at radius 1 is 1.22 bits per heavy atom. The Morgan fingerprint density at radius 3 is 2.61 bits per heavy atom. The maximum absolute atomic E-state index is 5.52. The van der Waals surface area contributed by atoms with E-state index in [1.54, 1.807) is 7.11 Å². The summed E-state index contributed by atoms with van der Waals surface area (Å²) in [4.78, 5) is 4.61. The first kappa shape index (κ1) is 14.7. The summed E-state index contributed by atoms with van der Waals surface area (Å²) >= 11 is 0. The normalized spacial score (nSPS) is 29.7. The molecule has 2 aromatic rings. The number of hydrogen-bond donors (Lipinski definition) is 0. The van der Waals surface area contributed by atoms with Crippen molar-refractivity contribution in [2.45, 2.75) is 19.3 Å². The number of fused-ring (bicyclic) bond motifs is 3. The zero-order valence-corrected chi connectivity index (χ0v) is 13.9. The SMILES string of the molecule is COc1ccc(-c2noc(CC3C[N+]4(C)CCC3CC4)n2)cc1. The molecule has 4 heterocycles. The number of piperidine rings is 3. The monoisotopic (exact) mass is 314 g/mol. The van der Waals surface area contributed by atoms with E-state index in [0.717, 1.165) is 29.5 Å². The predicted molar refractivity (Wildman–Crippen MR) is 87.0 cm³/mol. The van der Waals surface area contributed by atoms with Crippen LogP contribution in [0.2, 0.25) is 0 Å². The van der Waals surface area contributed by atoms with E-state index in [4.69, 9.17) is 9.26 Å². The number of benzene rings is 1. The standard InChI is InChI=1S/C18H24N3O2/c1-21-9-7-13(8-10-21)15(12-21)11-17-19-18(20-23-17)14-3-5-16(22-2)6-4-14/h3-6,13,15H,7-12H2,1-2H3/q+1. The van der Waals surface area contributed by atoms with Gasteiger partial charge in [-0.3, -0.25) is 0 Å². The minimum Gasteiger partial charge on any atom is -0.497 e. The fourth-order valence-electron chi connectivity index (χ4n) is 4.23. The summed E-state index contributed by atoms with van der Waals surface area (Å²) in [6.07, 6.45) is 3.61. The Bertz CT molecular complexity index is 672. The molecule has 1 atom stereocenters. The third-order valence-electron chi connectivity index (χ3n) is 5.67. The number of rotatable bonds is 4. The van der Waals surface area contributed by atoms with Crippen molar-refractivity contribution in [2.75, 3.05) is 33.8 Å². The molecular weight excluding hydrogens is 290 g/mol. The summed E-state index contributed by atoms with van der Waals surface area (Å²) in [5.41, 5.74) is 0.966. The summed E-state index contributed by atoms with van der Waals surface area (Å²) in [5.74, 6) is 3.81. The highest BCUT2D eigenvalue weighted by Gasteiger charge is 2.43. The molecule has 0 radical (unpaired) electrons. The van der Waals surface area contributed by atoms with E-state index >= 15 is 0 Å². The molecule has 3 saturated heterocycles. The second kappa shape index (κ2) is 5.64. The minimum atomic E-state index is 0.671. The third kappa shape index (κ3) is 2.85. The lowest BCUT2D eigenvalue weighted by Gasteiger charge is -2.50. The van der Waals surface area contributed by atoms with E-state index in [1.165, 1.54) is 37.0 Å². The first-order chi connectivity index (χ1) is 11.1. The molecule has 1 aromatic carbocycles. The Balaban J connectivity index is 1.47. The van der Waals surface area contributed by atoms with Gasteiger partial charge in [-0.2, -0.15) is 4.98 Å². The number of aromatic nitrogens is 2. The van der Waals surface area contributed by atoms with Crippen LogP contribution in [-0.2, 0) is 6.42 Å². The lowest BCUT2D eigenvalue weighted by molar-refractivity contribution is -0.929. The summed E-state index contributed by atoms with van der Waals surface area (Å²) in [5, 5.41) is 4.15. The number of ether oxygens (including phenoxy) is 1. The highest BCUT2D eigenvalue weighted by atomic mass is 16.5. The number of quaternary nitrogens is 1. The summed E-state index contributed by atoms with van der Waals surface area (Å²) in [7, 11) is 4.05. The van der Waals surface area contributed by atoms with Crippen molar-refractivity contribution < 1.29 is 13.7 Å². The smallest absolute Gasteiger partial charge is 0.227 e. The molecule has 5 nitrogen and oxygen atoms in total. The zero-order valence-electron chi connectivity index (χ0n) is 13.9. The average molecular weight is 314 g/mol. The molecule has 1 aromatic heterocycles. The van der Waals surface area contributed by atoms with Gasteiger partial charge in [0.05, 0.1) is 33.8 Å². The van der Waals surface area contributed by atoms with Gasteiger partial charge in [-0.05, 0) is 30.2 Å². The van der Waals surface area contributed by atoms with Gasteiger partial charge >= 0.3 is 0 Å². The maximum Gasteiger partial charge on any atom is 0.227 e. The maximum atomic E-state index is 5.52. The fraction of sp³-hybridized carbons (Fsp3) is 0.556. The molecule has 1 unspecified atom stereocenters. The van der Waals surface area contributed by atoms with Crippen LogP contribution in [0, 0.1) is 11.8 Å². The van der Waals surface area contributed by atoms with Gasteiger partial charge in [0.25, 0.3) is 0 Å². The van der Waals surface area contributed by atoms with Crippen LogP contribution in [0.5, 0.6) is 5.75 Å². The second-order valence-electron chi connectivity index (χ2n) is 7.29. The first-order valence-corrected chi connectivity index (χ1v) is 8.46. The quantitative estimate of drug-likeness (QED) is 0.814. The molecule has 3 aliphatic rings. The molecule has 2 bridgehead atoms. The van der Waals surface area contributed by atoms with Gasteiger partial charge in [0.1, 0.15) is 5.75 Å². The average Bonchev–Trinajstić information content (AvgIpc) is 3.03. The van der Waals surface area contributed by atoms with Crippen molar-refractivity contribution in [1.29, 1.82) is 0 Å². The highest BCUT2D eigenvalue weighted by Crippen LogP contribution is 2.38. The molecule has 5 heteroatoms. The molecule has 5 rings (SSSR count). The van der Waals surface area contributed by atoms with Crippen LogP contribution >= 0.6 is 0 Å². The summed E-state index contributed by atoms with van der Waals surface area (Å²) in [6.45, 7) is 3.93. The largest absolute Gasteiger partial charge is 0.497 e. The van der Waals surface area contributed by atoms with Gasteiger partial charge in [0.2, 0.25) is 11.7 Å². The molecule has 0 aliphatic carbocycles. The molecule has 3 aliphatic heterocycles. The molecule has 0 amide bonds. The van der Waals surface area contributed by atoms with Crippen molar-refractivity contribution in [3.8, 4) is 17.1 Å². The van der Waals surface area contributed by atoms with E-state index < -0.39 is 0 Å². The molecule has 23 heavy (non-hydrogen) atoms. The zero-order chi connectivity index (χ0) is 15.9. The van der Waals surface area contributed by atoms with Crippen LogP contribution in [0.1, 0.15) is 18.7 Å². The van der Waals surface area contributed by atoms with Crippen LogP contribution in [0.3, 0.4) is 0 Å². The third-order valence-corrected chi connectivity index (χ3v) is 5.67. The summed E-state index contributed by atoms with van der Waals surface area (Å²) in [6, 6.07) is 7.77.